The molecule has 6 nitrogen and oxygen atoms in total. The van der Waals surface area contributed by atoms with Gasteiger partial charge in [0.15, 0.2) is 0 Å². The van der Waals surface area contributed by atoms with E-state index in [0.29, 0.717) is 46.8 Å². The van der Waals surface area contributed by atoms with Gasteiger partial charge in [0.25, 0.3) is 0 Å². The van der Waals surface area contributed by atoms with Crippen LogP contribution in [0.4, 0.5) is 0 Å². The molecule has 0 bridgehead atoms. The molecule has 1 aromatic heterocycles. The fourth-order valence-electron chi connectivity index (χ4n) is 5.51. The first-order chi connectivity index (χ1) is 17.9. The van der Waals surface area contributed by atoms with E-state index >= 15 is 0 Å². The number of piperidine rings is 1. The first-order valence-corrected chi connectivity index (χ1v) is 12.7. The molecule has 1 saturated heterocycles. The number of aromatic nitrogens is 1. The molecule has 3 atom stereocenters. The summed E-state index contributed by atoms with van der Waals surface area (Å²) in [5, 5.41) is 26.7. The third kappa shape index (κ3) is 5.32. The number of nitrogens with one attached hydrogen (secondary N) is 1. The Hall–Kier alpha value is -3.45. The number of pyridine rings is 1. The molecule has 0 spiro atoms. The fourth-order valence-corrected chi connectivity index (χ4v) is 5.64. The summed E-state index contributed by atoms with van der Waals surface area (Å²) < 4.78 is 5.74. The van der Waals surface area contributed by atoms with Gasteiger partial charge in [0.2, 0.25) is 5.88 Å². The van der Waals surface area contributed by atoms with Crippen molar-refractivity contribution < 1.29 is 19.7 Å². The number of carbonyl (C=O) groups is 1. The number of halogens is 1. The molecule has 0 radical (unpaired) electrons. The van der Waals surface area contributed by atoms with E-state index in [1.165, 1.54) is 11.6 Å². The molecule has 3 aromatic carbocycles. The molecule has 0 saturated carbocycles. The zero-order valence-electron chi connectivity index (χ0n) is 20.5. The first kappa shape index (κ1) is 25.2. The number of hydrogen-bond acceptors (Lipinski definition) is 5. The maximum atomic E-state index is 12.3. The smallest absolute Gasteiger partial charge is 0.335 e. The molecule has 3 unspecified atom stereocenters. The highest BCUT2D eigenvalue weighted by molar-refractivity contribution is 6.30. The van der Waals surface area contributed by atoms with E-state index < -0.39 is 17.5 Å². The van der Waals surface area contributed by atoms with Crippen LogP contribution in [0.2, 0.25) is 5.02 Å². The Morgan fingerprint density at radius 3 is 2.59 bits per heavy atom. The second kappa shape index (κ2) is 10.5. The van der Waals surface area contributed by atoms with Crippen molar-refractivity contribution in [2.75, 3.05) is 13.7 Å². The van der Waals surface area contributed by atoms with Crippen molar-refractivity contribution in [1.29, 1.82) is 0 Å². The van der Waals surface area contributed by atoms with E-state index in [9.17, 15) is 15.0 Å². The molecule has 1 aliphatic heterocycles. The molecular formula is C30H29ClN2O4. The predicted molar refractivity (Wildman–Crippen MR) is 145 cm³/mol. The van der Waals surface area contributed by atoms with Crippen molar-refractivity contribution >= 4 is 28.5 Å². The van der Waals surface area contributed by atoms with Crippen LogP contribution in [-0.4, -0.2) is 46.5 Å². The summed E-state index contributed by atoms with van der Waals surface area (Å²) in [6.07, 6.45) is 1.85. The van der Waals surface area contributed by atoms with E-state index in [4.69, 9.17) is 21.3 Å². The van der Waals surface area contributed by atoms with E-state index in [0.717, 1.165) is 12.0 Å². The number of aromatic carboxylic acids is 1. The highest BCUT2D eigenvalue weighted by Crippen LogP contribution is 2.45. The summed E-state index contributed by atoms with van der Waals surface area (Å²) in [4.78, 5) is 16.3. The highest BCUT2D eigenvalue weighted by atomic mass is 35.5. The van der Waals surface area contributed by atoms with E-state index in [2.05, 4.69) is 17.4 Å². The van der Waals surface area contributed by atoms with Crippen LogP contribution in [0.3, 0.4) is 0 Å². The SMILES string of the molecule is COc1nc2ccc(C(=O)O)cc2cc1C(c1ccc(Cl)cc1)C1(O)CCNC(Cc2ccccc2)C1. The molecular weight excluding hydrogens is 488 g/mol. The van der Waals surface area contributed by atoms with Crippen LogP contribution >= 0.6 is 11.6 Å². The standard InChI is InChI=1S/C30H29ClN2O4/c1-37-28-25(17-22-16-21(29(34)35)9-12-26(22)33-28)27(20-7-10-23(31)11-8-20)30(36)13-14-32-24(18-30)15-19-5-3-2-4-6-19/h2-12,16-17,24,27,32,36H,13-15,18H2,1H3,(H,34,35). The lowest BCUT2D eigenvalue weighted by atomic mass is 9.70. The van der Waals surface area contributed by atoms with Crippen LogP contribution in [0.5, 0.6) is 5.88 Å². The van der Waals surface area contributed by atoms with Crippen molar-refractivity contribution in [2.24, 2.45) is 0 Å². The Balaban J connectivity index is 1.62. The van der Waals surface area contributed by atoms with Crippen molar-refractivity contribution in [1.82, 2.24) is 10.3 Å². The predicted octanol–water partition coefficient (Wildman–Crippen LogP) is 5.45. The fraction of sp³-hybridized carbons (Fsp3) is 0.267. The number of methoxy groups -OCH3 is 1. The Labute approximate surface area is 220 Å². The van der Waals surface area contributed by atoms with Gasteiger partial charge in [-0.2, -0.15) is 0 Å². The molecule has 190 valence electrons. The summed E-state index contributed by atoms with van der Waals surface area (Å²) in [7, 11) is 1.56. The number of carboxylic acids is 1. The van der Waals surface area contributed by atoms with E-state index in [1.54, 1.807) is 19.2 Å². The minimum Gasteiger partial charge on any atom is -0.481 e. The van der Waals surface area contributed by atoms with Crippen LogP contribution in [0.25, 0.3) is 10.9 Å². The normalized spacial score (nSPS) is 20.5. The summed E-state index contributed by atoms with van der Waals surface area (Å²) >= 11 is 6.21. The lowest BCUT2D eigenvalue weighted by Gasteiger charge is -2.43. The van der Waals surface area contributed by atoms with Gasteiger partial charge in [0.1, 0.15) is 0 Å². The molecule has 4 aromatic rings. The van der Waals surface area contributed by atoms with Crippen molar-refractivity contribution in [3.8, 4) is 5.88 Å². The molecule has 7 heteroatoms. The topological polar surface area (TPSA) is 91.7 Å². The summed E-state index contributed by atoms with van der Waals surface area (Å²) in [6, 6.07) is 24.5. The number of aliphatic hydroxyl groups is 1. The molecule has 1 aliphatic rings. The Kier molecular flexibility index (Phi) is 7.15. The number of hydrogen-bond donors (Lipinski definition) is 3. The van der Waals surface area contributed by atoms with Crippen molar-refractivity contribution in [3.63, 3.8) is 0 Å². The minimum absolute atomic E-state index is 0.0778. The number of rotatable bonds is 7. The van der Waals surface area contributed by atoms with Crippen molar-refractivity contribution in [2.45, 2.75) is 36.8 Å². The van der Waals surface area contributed by atoms with Crippen LogP contribution in [0.15, 0.2) is 78.9 Å². The summed E-state index contributed by atoms with van der Waals surface area (Å²) in [5.74, 6) is -1.07. The number of benzene rings is 3. The number of ether oxygens (including phenoxy) is 1. The van der Waals surface area contributed by atoms with E-state index in [-0.39, 0.29) is 11.6 Å². The second-order valence-electron chi connectivity index (χ2n) is 9.68. The molecule has 3 N–H and O–H groups in total. The van der Waals surface area contributed by atoms with Gasteiger partial charge >= 0.3 is 5.97 Å². The lowest BCUT2D eigenvalue weighted by Crippen LogP contribution is -2.52. The molecule has 5 rings (SSSR count). The van der Waals surface area contributed by atoms with Gasteiger partial charge in [-0.1, -0.05) is 54.1 Å². The van der Waals surface area contributed by atoms with Crippen molar-refractivity contribution in [3.05, 3.63) is 106 Å². The Morgan fingerprint density at radius 2 is 1.89 bits per heavy atom. The minimum atomic E-state index is -1.11. The first-order valence-electron chi connectivity index (χ1n) is 12.3. The monoisotopic (exact) mass is 516 g/mol. The Morgan fingerprint density at radius 1 is 1.14 bits per heavy atom. The number of fused-ring (bicyclic) bond motifs is 1. The molecule has 0 aliphatic carbocycles. The zero-order valence-corrected chi connectivity index (χ0v) is 21.3. The van der Waals surface area contributed by atoms with Crippen LogP contribution in [-0.2, 0) is 6.42 Å². The Bertz CT molecular complexity index is 1410. The zero-order chi connectivity index (χ0) is 26.0. The molecule has 2 heterocycles. The third-order valence-corrected chi connectivity index (χ3v) is 7.47. The van der Waals surface area contributed by atoms with Gasteiger partial charge in [-0.25, -0.2) is 9.78 Å². The summed E-state index contributed by atoms with van der Waals surface area (Å²) in [5.41, 5.74) is 2.50. The van der Waals surface area contributed by atoms with Gasteiger partial charge in [-0.05, 0) is 73.3 Å². The van der Waals surface area contributed by atoms with Gasteiger partial charge in [0, 0.05) is 27.9 Å². The van der Waals surface area contributed by atoms with Crippen LogP contribution in [0.1, 0.15) is 45.8 Å². The molecule has 37 heavy (non-hydrogen) atoms. The van der Waals surface area contributed by atoms with Gasteiger partial charge in [-0.15, -0.1) is 0 Å². The van der Waals surface area contributed by atoms with Gasteiger partial charge in [-0.3, -0.25) is 0 Å². The highest BCUT2D eigenvalue weighted by Gasteiger charge is 2.44. The maximum absolute atomic E-state index is 12.3. The quantitative estimate of drug-likeness (QED) is 0.302. The summed E-state index contributed by atoms with van der Waals surface area (Å²) in [6.45, 7) is 0.657. The van der Waals surface area contributed by atoms with Crippen LogP contribution < -0.4 is 10.1 Å². The average molecular weight is 517 g/mol. The second-order valence-corrected chi connectivity index (χ2v) is 10.1. The molecule has 0 amide bonds. The average Bonchev–Trinajstić information content (AvgIpc) is 2.89. The number of carboxylic acid groups (broad SMARTS) is 1. The third-order valence-electron chi connectivity index (χ3n) is 7.22. The maximum Gasteiger partial charge on any atom is 0.335 e. The van der Waals surface area contributed by atoms with E-state index in [1.807, 2.05) is 48.5 Å². The molecule has 1 fully saturated rings. The van der Waals surface area contributed by atoms with Gasteiger partial charge < -0.3 is 20.3 Å². The van der Waals surface area contributed by atoms with Crippen LogP contribution in [0, 0.1) is 0 Å². The lowest BCUT2D eigenvalue weighted by molar-refractivity contribution is -0.0191. The largest absolute Gasteiger partial charge is 0.481 e. The van der Waals surface area contributed by atoms with Gasteiger partial charge in [0.05, 0.1) is 23.8 Å². The number of nitrogens with zero attached hydrogens (tertiary/aromatic N) is 1.